The highest BCUT2D eigenvalue weighted by Crippen LogP contribution is 2.46. The molecule has 0 saturated heterocycles. The largest absolute Gasteiger partial charge is 0.508 e. The number of aromatic hydroxyl groups is 2. The van der Waals surface area contributed by atoms with Crippen LogP contribution in [0.4, 0.5) is 0 Å². The molecule has 0 spiro atoms. The number of fused-ring (bicyclic) bond motifs is 1. The van der Waals surface area contributed by atoms with Crippen LogP contribution in [0.5, 0.6) is 11.5 Å². The minimum absolute atomic E-state index is 0.125. The standard InChI is InChI=1S/C13H7Cl2NO3S/c14-9-10(18)8-7(5-1-3-6(17)4-2-5)11(15)20-13(8)16-12(9)19/h1-4,17H,(H2,16,18,19). The molecule has 0 saturated carbocycles. The van der Waals surface area contributed by atoms with Gasteiger partial charge in [0.25, 0.3) is 5.56 Å². The maximum Gasteiger partial charge on any atom is 0.271 e. The zero-order valence-corrected chi connectivity index (χ0v) is 12.1. The summed E-state index contributed by atoms with van der Waals surface area (Å²) in [5, 5.41) is 19.5. The first-order chi connectivity index (χ1) is 9.49. The van der Waals surface area contributed by atoms with Crippen LogP contribution in [0.3, 0.4) is 0 Å². The number of H-pyrrole nitrogens is 1. The first-order valence-electron chi connectivity index (χ1n) is 5.51. The van der Waals surface area contributed by atoms with E-state index in [0.29, 0.717) is 25.7 Å². The van der Waals surface area contributed by atoms with E-state index < -0.39 is 5.56 Å². The number of rotatable bonds is 1. The van der Waals surface area contributed by atoms with Crippen LogP contribution in [0.1, 0.15) is 0 Å². The molecule has 7 heteroatoms. The van der Waals surface area contributed by atoms with Crippen molar-refractivity contribution in [2.24, 2.45) is 0 Å². The monoisotopic (exact) mass is 327 g/mol. The summed E-state index contributed by atoms with van der Waals surface area (Å²) < 4.78 is 0.416. The Morgan fingerprint density at radius 1 is 1.10 bits per heavy atom. The third-order valence-electron chi connectivity index (χ3n) is 2.89. The molecule has 102 valence electrons. The Kier molecular flexibility index (Phi) is 3.12. The van der Waals surface area contributed by atoms with Crippen LogP contribution in [-0.2, 0) is 0 Å². The average Bonchev–Trinajstić information content (AvgIpc) is 2.73. The molecular formula is C13H7Cl2NO3S. The van der Waals surface area contributed by atoms with E-state index in [1.165, 1.54) is 12.1 Å². The van der Waals surface area contributed by atoms with Gasteiger partial charge in [0.15, 0.2) is 5.75 Å². The van der Waals surface area contributed by atoms with Gasteiger partial charge in [0.1, 0.15) is 19.9 Å². The van der Waals surface area contributed by atoms with Gasteiger partial charge >= 0.3 is 0 Å². The van der Waals surface area contributed by atoms with E-state index in [1.54, 1.807) is 12.1 Å². The molecule has 0 fully saturated rings. The van der Waals surface area contributed by atoms with Crippen LogP contribution in [0.2, 0.25) is 9.36 Å². The van der Waals surface area contributed by atoms with Crippen LogP contribution in [0.25, 0.3) is 21.3 Å². The summed E-state index contributed by atoms with van der Waals surface area (Å²) in [5.74, 6) is -0.170. The number of thiophene rings is 1. The number of pyridine rings is 1. The van der Waals surface area contributed by atoms with Gasteiger partial charge in [-0.2, -0.15) is 0 Å². The number of aromatic nitrogens is 1. The molecule has 3 rings (SSSR count). The first-order valence-corrected chi connectivity index (χ1v) is 7.08. The summed E-state index contributed by atoms with van der Waals surface area (Å²) in [4.78, 5) is 14.6. The number of hydrogen-bond acceptors (Lipinski definition) is 4. The zero-order chi connectivity index (χ0) is 14.4. The lowest BCUT2D eigenvalue weighted by Crippen LogP contribution is -2.04. The van der Waals surface area contributed by atoms with Crippen molar-refractivity contribution in [3.05, 3.63) is 44.0 Å². The van der Waals surface area contributed by atoms with Crippen molar-refractivity contribution in [3.8, 4) is 22.6 Å². The van der Waals surface area contributed by atoms with Crippen molar-refractivity contribution in [2.45, 2.75) is 0 Å². The third kappa shape index (κ3) is 1.95. The van der Waals surface area contributed by atoms with E-state index in [0.717, 1.165) is 11.3 Å². The number of benzene rings is 1. The Morgan fingerprint density at radius 3 is 2.40 bits per heavy atom. The lowest BCUT2D eigenvalue weighted by atomic mass is 10.1. The highest BCUT2D eigenvalue weighted by Gasteiger charge is 2.20. The molecule has 0 radical (unpaired) electrons. The van der Waals surface area contributed by atoms with Crippen molar-refractivity contribution in [3.63, 3.8) is 0 Å². The number of phenolic OH excluding ortho intramolecular Hbond substituents is 1. The molecule has 3 N–H and O–H groups in total. The molecule has 0 aliphatic heterocycles. The first kappa shape index (κ1) is 13.3. The van der Waals surface area contributed by atoms with Gasteiger partial charge in [-0.15, -0.1) is 11.3 Å². The minimum atomic E-state index is -0.563. The lowest BCUT2D eigenvalue weighted by Gasteiger charge is -2.04. The number of hydrogen-bond donors (Lipinski definition) is 3. The summed E-state index contributed by atoms with van der Waals surface area (Å²) in [6, 6.07) is 6.36. The van der Waals surface area contributed by atoms with Gasteiger partial charge < -0.3 is 15.2 Å². The van der Waals surface area contributed by atoms with Crippen LogP contribution in [-0.4, -0.2) is 15.2 Å². The van der Waals surface area contributed by atoms with Gasteiger partial charge in [-0.25, -0.2) is 0 Å². The molecule has 2 aromatic heterocycles. The molecule has 0 atom stereocenters. The summed E-state index contributed by atoms with van der Waals surface area (Å²) >= 11 is 13.1. The third-order valence-corrected chi connectivity index (χ3v) is 4.56. The molecule has 0 aliphatic carbocycles. The molecule has 0 unspecified atom stereocenters. The second-order valence-corrected chi connectivity index (χ2v) is 6.12. The van der Waals surface area contributed by atoms with Crippen molar-refractivity contribution >= 4 is 44.8 Å². The number of phenols is 1. The lowest BCUT2D eigenvalue weighted by molar-refractivity contribution is 0.475. The Hall–Kier alpha value is -1.69. The summed E-state index contributed by atoms with van der Waals surface area (Å²) in [6.45, 7) is 0. The van der Waals surface area contributed by atoms with Gasteiger partial charge in [0.2, 0.25) is 0 Å². The predicted molar refractivity (Wildman–Crippen MR) is 81.2 cm³/mol. The Bertz CT molecular complexity index is 868. The van der Waals surface area contributed by atoms with Gasteiger partial charge in [0, 0.05) is 5.56 Å². The quantitative estimate of drug-likeness (QED) is 0.633. The van der Waals surface area contributed by atoms with E-state index >= 15 is 0 Å². The van der Waals surface area contributed by atoms with Crippen molar-refractivity contribution < 1.29 is 10.2 Å². The molecule has 0 amide bonds. The Balaban J connectivity index is 2.41. The molecule has 1 aromatic carbocycles. The van der Waals surface area contributed by atoms with E-state index in [-0.39, 0.29) is 16.5 Å². The Morgan fingerprint density at radius 2 is 1.75 bits per heavy atom. The van der Waals surface area contributed by atoms with Crippen molar-refractivity contribution in [1.82, 2.24) is 4.98 Å². The maximum absolute atomic E-state index is 11.5. The normalized spacial score (nSPS) is 11.1. The Labute approximate surface area is 126 Å². The fourth-order valence-corrected chi connectivity index (χ4v) is 3.50. The van der Waals surface area contributed by atoms with E-state index in [2.05, 4.69) is 4.98 Å². The van der Waals surface area contributed by atoms with Crippen molar-refractivity contribution in [1.29, 1.82) is 0 Å². The van der Waals surface area contributed by atoms with Crippen LogP contribution in [0.15, 0.2) is 29.1 Å². The van der Waals surface area contributed by atoms with Gasteiger partial charge in [-0.1, -0.05) is 35.3 Å². The molecule has 3 aromatic rings. The summed E-state index contributed by atoms with van der Waals surface area (Å²) in [6.07, 6.45) is 0. The summed E-state index contributed by atoms with van der Waals surface area (Å²) in [7, 11) is 0. The molecule has 0 bridgehead atoms. The zero-order valence-electron chi connectivity index (χ0n) is 9.78. The highest BCUT2D eigenvalue weighted by atomic mass is 35.5. The molecule has 4 nitrogen and oxygen atoms in total. The number of aromatic amines is 1. The van der Waals surface area contributed by atoms with Crippen LogP contribution in [0, 0.1) is 0 Å². The fourth-order valence-electron chi connectivity index (χ4n) is 1.98. The van der Waals surface area contributed by atoms with Gasteiger partial charge in [-0.3, -0.25) is 4.79 Å². The van der Waals surface area contributed by atoms with Gasteiger partial charge in [0.05, 0.1) is 5.39 Å². The van der Waals surface area contributed by atoms with Crippen LogP contribution >= 0.6 is 34.5 Å². The van der Waals surface area contributed by atoms with E-state index in [1.807, 2.05) is 0 Å². The van der Waals surface area contributed by atoms with E-state index in [9.17, 15) is 15.0 Å². The average molecular weight is 328 g/mol. The molecule has 2 heterocycles. The van der Waals surface area contributed by atoms with E-state index in [4.69, 9.17) is 23.2 Å². The summed E-state index contributed by atoms with van der Waals surface area (Å²) in [5.41, 5.74) is 0.714. The molecule has 20 heavy (non-hydrogen) atoms. The minimum Gasteiger partial charge on any atom is -0.508 e. The second kappa shape index (κ2) is 4.70. The topological polar surface area (TPSA) is 73.3 Å². The highest BCUT2D eigenvalue weighted by molar-refractivity contribution is 7.23. The van der Waals surface area contributed by atoms with Crippen LogP contribution < -0.4 is 5.56 Å². The molecule has 0 aliphatic rings. The SMILES string of the molecule is O=c1[nH]c2sc(Cl)c(-c3ccc(O)cc3)c2c(O)c1Cl. The maximum atomic E-state index is 11.5. The van der Waals surface area contributed by atoms with Gasteiger partial charge in [-0.05, 0) is 17.7 Å². The van der Waals surface area contributed by atoms with Crippen molar-refractivity contribution in [2.75, 3.05) is 0 Å². The number of halogens is 2. The smallest absolute Gasteiger partial charge is 0.271 e. The second-order valence-electron chi connectivity index (χ2n) is 4.12. The number of nitrogens with one attached hydrogen (secondary N) is 1. The molecular weight excluding hydrogens is 321 g/mol. The predicted octanol–water partition coefficient (Wildman–Crippen LogP) is 3.97. The fraction of sp³-hybridized carbons (Fsp3) is 0.